The van der Waals surface area contributed by atoms with Gasteiger partial charge in [0.05, 0.1) is 17.2 Å². The van der Waals surface area contributed by atoms with Gasteiger partial charge < -0.3 is 4.74 Å². The van der Waals surface area contributed by atoms with Gasteiger partial charge in [0.2, 0.25) is 0 Å². The Morgan fingerprint density at radius 1 is 1.14 bits per heavy atom. The molecule has 0 fully saturated rings. The summed E-state index contributed by atoms with van der Waals surface area (Å²) in [5.74, 6) is 0.200. The molecule has 1 aromatic carbocycles. The minimum atomic E-state index is -0.519. The number of pyridine rings is 1. The molecule has 0 bridgehead atoms. The summed E-state index contributed by atoms with van der Waals surface area (Å²) in [5, 5.41) is 0.481. The first-order chi connectivity index (χ1) is 13.6. The van der Waals surface area contributed by atoms with Crippen molar-refractivity contribution in [1.29, 1.82) is 0 Å². The van der Waals surface area contributed by atoms with Gasteiger partial charge in [-0.2, -0.15) is 0 Å². The van der Waals surface area contributed by atoms with Crippen LogP contribution in [-0.2, 0) is 22.7 Å². The number of fused-ring (bicyclic) bond motifs is 1. The number of carbonyl (C=O) groups excluding carboxylic acids is 1. The lowest BCUT2D eigenvalue weighted by molar-refractivity contribution is -0.145. The van der Waals surface area contributed by atoms with Crippen LogP contribution in [0.2, 0.25) is 0 Å². The van der Waals surface area contributed by atoms with Crippen LogP contribution in [-0.4, -0.2) is 30.1 Å². The Balaban J connectivity index is 1.42. The quantitative estimate of drug-likeness (QED) is 0.496. The first-order valence-electron chi connectivity index (χ1n) is 8.65. The number of ether oxygens (including phenoxy) is 1. The Hall–Kier alpha value is -3.81. The molecule has 0 saturated carbocycles. The number of imidazole rings is 1. The second-order valence-electron chi connectivity index (χ2n) is 6.30. The van der Waals surface area contributed by atoms with Crippen LogP contribution in [0.15, 0.2) is 66.4 Å². The van der Waals surface area contributed by atoms with Gasteiger partial charge in [0.25, 0.3) is 5.56 Å². The molecule has 0 aliphatic heterocycles. The van der Waals surface area contributed by atoms with Gasteiger partial charge >= 0.3 is 5.97 Å². The summed E-state index contributed by atoms with van der Waals surface area (Å²) < 4.78 is 8.30. The number of aromatic nitrogens is 5. The van der Waals surface area contributed by atoms with Gasteiger partial charge in [-0.05, 0) is 24.6 Å². The third kappa shape index (κ3) is 3.52. The molecule has 0 spiro atoms. The normalized spacial score (nSPS) is 10.9. The largest absolute Gasteiger partial charge is 0.459 e. The highest BCUT2D eigenvalue weighted by Gasteiger charge is 2.10. The molecule has 4 aromatic rings. The topological polar surface area (TPSA) is 91.9 Å². The van der Waals surface area contributed by atoms with E-state index in [9.17, 15) is 9.59 Å². The van der Waals surface area contributed by atoms with Gasteiger partial charge in [0, 0.05) is 24.2 Å². The van der Waals surface area contributed by atoms with Crippen LogP contribution in [0.25, 0.3) is 16.7 Å². The zero-order valence-corrected chi connectivity index (χ0v) is 15.1. The molecule has 3 heterocycles. The SMILES string of the molecule is Cc1cccc2c(=O)n(CC(=O)OCc3ccc(-n4ccnc4)nc3)cnc12. The van der Waals surface area contributed by atoms with Crippen molar-refractivity contribution in [3.8, 4) is 5.82 Å². The van der Waals surface area contributed by atoms with Crippen LogP contribution in [0.3, 0.4) is 0 Å². The summed E-state index contributed by atoms with van der Waals surface area (Å²) in [7, 11) is 0. The molecule has 28 heavy (non-hydrogen) atoms. The van der Waals surface area contributed by atoms with E-state index >= 15 is 0 Å². The number of rotatable bonds is 5. The standard InChI is InChI=1S/C20H17N5O3/c1-14-3-2-4-16-19(14)23-13-25(20(16)27)10-18(26)28-11-15-5-6-17(22-9-15)24-8-7-21-12-24/h2-9,12-13H,10-11H2,1H3. The molecule has 0 aliphatic rings. The molecule has 0 amide bonds. The van der Waals surface area contributed by atoms with Crippen molar-refractivity contribution in [2.75, 3.05) is 0 Å². The van der Waals surface area contributed by atoms with E-state index in [2.05, 4.69) is 15.0 Å². The van der Waals surface area contributed by atoms with Gasteiger partial charge in [-0.15, -0.1) is 0 Å². The lowest BCUT2D eigenvalue weighted by atomic mass is 10.1. The van der Waals surface area contributed by atoms with E-state index in [1.165, 1.54) is 10.9 Å². The molecule has 0 radical (unpaired) electrons. The van der Waals surface area contributed by atoms with Crippen LogP contribution in [0.4, 0.5) is 0 Å². The molecule has 3 aromatic heterocycles. The molecule has 0 atom stereocenters. The van der Waals surface area contributed by atoms with Crippen molar-refractivity contribution in [2.45, 2.75) is 20.1 Å². The van der Waals surface area contributed by atoms with Gasteiger partial charge in [-0.3, -0.25) is 18.7 Å². The van der Waals surface area contributed by atoms with Crippen LogP contribution in [0.1, 0.15) is 11.1 Å². The van der Waals surface area contributed by atoms with Crippen LogP contribution >= 0.6 is 0 Å². The Morgan fingerprint density at radius 3 is 2.79 bits per heavy atom. The fourth-order valence-corrected chi connectivity index (χ4v) is 2.85. The minimum absolute atomic E-state index is 0.0743. The van der Waals surface area contributed by atoms with Gasteiger partial charge in [-0.1, -0.05) is 18.2 Å². The van der Waals surface area contributed by atoms with Crippen molar-refractivity contribution in [3.05, 3.63) is 83.1 Å². The summed E-state index contributed by atoms with van der Waals surface area (Å²) in [6, 6.07) is 9.02. The summed E-state index contributed by atoms with van der Waals surface area (Å²) >= 11 is 0. The minimum Gasteiger partial charge on any atom is -0.459 e. The molecular weight excluding hydrogens is 358 g/mol. The van der Waals surface area contributed by atoms with Gasteiger partial charge in [0.1, 0.15) is 25.3 Å². The number of hydrogen-bond donors (Lipinski definition) is 0. The number of nitrogens with zero attached hydrogens (tertiary/aromatic N) is 5. The second-order valence-corrected chi connectivity index (χ2v) is 6.30. The van der Waals surface area contributed by atoms with Gasteiger partial charge in [0.15, 0.2) is 0 Å². The molecule has 0 aliphatic carbocycles. The first kappa shape index (κ1) is 17.6. The second kappa shape index (κ2) is 7.43. The highest BCUT2D eigenvalue weighted by Crippen LogP contribution is 2.11. The maximum atomic E-state index is 12.5. The first-order valence-corrected chi connectivity index (χ1v) is 8.65. The monoisotopic (exact) mass is 375 g/mol. The summed E-state index contributed by atoms with van der Waals surface area (Å²) in [6.07, 6.45) is 8.12. The third-order valence-electron chi connectivity index (χ3n) is 4.33. The van der Waals surface area contributed by atoms with Crippen molar-refractivity contribution in [3.63, 3.8) is 0 Å². The van der Waals surface area contributed by atoms with Gasteiger partial charge in [-0.25, -0.2) is 15.0 Å². The Labute approximate surface area is 160 Å². The van der Waals surface area contributed by atoms with Crippen molar-refractivity contribution in [2.24, 2.45) is 0 Å². The summed E-state index contributed by atoms with van der Waals surface area (Å²) in [6.45, 7) is 1.76. The van der Waals surface area contributed by atoms with Crippen LogP contribution < -0.4 is 5.56 Å². The average Bonchev–Trinajstić information content (AvgIpc) is 3.24. The third-order valence-corrected chi connectivity index (χ3v) is 4.33. The Bertz CT molecular complexity index is 1180. The number of carbonyl (C=O) groups is 1. The van der Waals surface area contributed by atoms with Crippen molar-refractivity contribution in [1.82, 2.24) is 24.1 Å². The predicted molar refractivity (Wildman–Crippen MR) is 102 cm³/mol. The van der Waals surface area contributed by atoms with Crippen molar-refractivity contribution >= 4 is 16.9 Å². The lowest BCUT2D eigenvalue weighted by Gasteiger charge is -2.09. The van der Waals surface area contributed by atoms with E-state index in [4.69, 9.17) is 4.74 Å². The number of esters is 1. The smallest absolute Gasteiger partial charge is 0.326 e. The summed E-state index contributed by atoms with van der Waals surface area (Å²) in [4.78, 5) is 37.3. The fraction of sp³-hybridized carbons (Fsp3) is 0.150. The van der Waals surface area contributed by atoms with Crippen LogP contribution in [0.5, 0.6) is 0 Å². The Morgan fingerprint density at radius 2 is 2.04 bits per heavy atom. The number of para-hydroxylation sites is 1. The van der Waals surface area contributed by atoms with E-state index in [1.807, 2.05) is 25.1 Å². The molecule has 8 nitrogen and oxygen atoms in total. The highest BCUT2D eigenvalue weighted by atomic mass is 16.5. The van der Waals surface area contributed by atoms with Crippen LogP contribution in [0, 0.1) is 6.92 Å². The number of benzene rings is 1. The molecule has 4 rings (SSSR count). The molecule has 140 valence electrons. The molecule has 8 heteroatoms. The molecule has 0 saturated heterocycles. The van der Waals surface area contributed by atoms with E-state index < -0.39 is 5.97 Å². The maximum Gasteiger partial charge on any atom is 0.326 e. The average molecular weight is 375 g/mol. The number of aryl methyl sites for hydroxylation is 1. The molecule has 0 N–H and O–H groups in total. The zero-order valence-electron chi connectivity index (χ0n) is 15.1. The van der Waals surface area contributed by atoms with Crippen molar-refractivity contribution < 1.29 is 9.53 Å². The van der Waals surface area contributed by atoms with E-state index in [1.54, 1.807) is 41.6 Å². The lowest BCUT2D eigenvalue weighted by Crippen LogP contribution is -2.25. The van der Waals surface area contributed by atoms with E-state index in [0.29, 0.717) is 10.9 Å². The van der Waals surface area contributed by atoms with E-state index in [0.717, 1.165) is 16.9 Å². The highest BCUT2D eigenvalue weighted by molar-refractivity contribution is 5.80. The van der Waals surface area contributed by atoms with E-state index in [-0.39, 0.29) is 18.7 Å². The number of hydrogen-bond acceptors (Lipinski definition) is 6. The Kier molecular flexibility index (Phi) is 4.67. The molecule has 0 unspecified atom stereocenters. The zero-order chi connectivity index (χ0) is 19.5. The molecular formula is C20H17N5O3. The summed E-state index contributed by atoms with van der Waals surface area (Å²) in [5.41, 5.74) is 2.03. The predicted octanol–water partition coefficient (Wildman–Crippen LogP) is 2.03. The fourth-order valence-electron chi connectivity index (χ4n) is 2.85. The maximum absolute atomic E-state index is 12.5.